The molecule has 0 saturated heterocycles. The average molecular weight is 325 g/mol. The smallest absolute Gasteiger partial charge is 0.224 e. The zero-order chi connectivity index (χ0) is 13.7. The molecule has 2 aromatic rings. The Kier molecular flexibility index (Phi) is 4.79. The van der Waals surface area contributed by atoms with Crippen LogP contribution in [0.1, 0.15) is 24.9 Å². The molecule has 0 radical (unpaired) electrons. The molecule has 0 aromatic carbocycles. The summed E-state index contributed by atoms with van der Waals surface area (Å²) in [5, 5.41) is 6.39. The van der Waals surface area contributed by atoms with Gasteiger partial charge in [-0.2, -0.15) is 4.98 Å². The van der Waals surface area contributed by atoms with Gasteiger partial charge in [0.1, 0.15) is 17.3 Å². The fourth-order valence-corrected chi connectivity index (χ4v) is 1.90. The highest BCUT2D eigenvalue weighted by atomic mass is 79.9. The normalized spacial score (nSPS) is 10.5. The van der Waals surface area contributed by atoms with Crippen LogP contribution in [0.15, 0.2) is 27.2 Å². The highest BCUT2D eigenvalue weighted by Gasteiger charge is 2.06. The van der Waals surface area contributed by atoms with Gasteiger partial charge >= 0.3 is 0 Å². The summed E-state index contributed by atoms with van der Waals surface area (Å²) < 4.78 is 6.33. The molecule has 19 heavy (non-hydrogen) atoms. The first-order valence-corrected chi connectivity index (χ1v) is 7.04. The van der Waals surface area contributed by atoms with Crippen LogP contribution in [0.2, 0.25) is 0 Å². The highest BCUT2D eigenvalue weighted by molar-refractivity contribution is 9.10. The summed E-state index contributed by atoms with van der Waals surface area (Å²) in [5.74, 6) is 3.17. The van der Waals surface area contributed by atoms with E-state index < -0.39 is 0 Å². The first kappa shape index (κ1) is 13.9. The van der Waals surface area contributed by atoms with Gasteiger partial charge in [0.05, 0.1) is 11.0 Å². The largest absolute Gasteiger partial charge is 0.465 e. The first-order chi connectivity index (χ1) is 9.19. The lowest BCUT2D eigenvalue weighted by atomic mass is 10.4. The number of aromatic nitrogens is 2. The van der Waals surface area contributed by atoms with Crippen molar-refractivity contribution in [1.82, 2.24) is 9.97 Å². The van der Waals surface area contributed by atoms with Gasteiger partial charge in [-0.25, -0.2) is 4.98 Å². The molecule has 0 aliphatic rings. The molecule has 2 aromatic heterocycles. The van der Waals surface area contributed by atoms with Gasteiger partial charge in [0.15, 0.2) is 0 Å². The molecular weight excluding hydrogens is 308 g/mol. The molecule has 102 valence electrons. The second-order valence-corrected chi connectivity index (χ2v) is 5.04. The molecule has 5 nitrogen and oxygen atoms in total. The van der Waals surface area contributed by atoms with Crippen LogP contribution in [0.4, 0.5) is 11.8 Å². The minimum Gasteiger partial charge on any atom is -0.465 e. The lowest BCUT2D eigenvalue weighted by molar-refractivity contribution is 0.490. The van der Waals surface area contributed by atoms with Gasteiger partial charge in [-0.3, -0.25) is 0 Å². The Bertz CT molecular complexity index is 541. The summed E-state index contributed by atoms with van der Waals surface area (Å²) in [4.78, 5) is 8.61. The fraction of sp³-hybridized carbons (Fsp3) is 0.385. The van der Waals surface area contributed by atoms with Crippen molar-refractivity contribution < 1.29 is 4.42 Å². The topological polar surface area (TPSA) is 63.0 Å². The Morgan fingerprint density at radius 3 is 2.84 bits per heavy atom. The molecule has 2 rings (SSSR count). The number of nitrogens with zero attached hydrogens (tertiary/aromatic N) is 2. The van der Waals surface area contributed by atoms with Crippen molar-refractivity contribution in [2.24, 2.45) is 0 Å². The minimum absolute atomic E-state index is 0.594. The summed E-state index contributed by atoms with van der Waals surface area (Å²) in [7, 11) is 0. The van der Waals surface area contributed by atoms with Crippen LogP contribution in [0.5, 0.6) is 0 Å². The van der Waals surface area contributed by atoms with E-state index in [1.54, 1.807) is 6.20 Å². The third kappa shape index (κ3) is 3.96. The van der Waals surface area contributed by atoms with Crippen molar-refractivity contribution in [2.75, 3.05) is 17.2 Å². The highest BCUT2D eigenvalue weighted by Crippen LogP contribution is 2.21. The van der Waals surface area contributed by atoms with Gasteiger partial charge in [-0.15, -0.1) is 0 Å². The van der Waals surface area contributed by atoms with E-state index in [1.807, 2.05) is 19.1 Å². The Labute approximate surface area is 121 Å². The van der Waals surface area contributed by atoms with E-state index in [9.17, 15) is 0 Å². The zero-order valence-corrected chi connectivity index (χ0v) is 12.6. The summed E-state index contributed by atoms with van der Waals surface area (Å²) in [6.45, 7) is 5.48. The van der Waals surface area contributed by atoms with Crippen molar-refractivity contribution in [1.29, 1.82) is 0 Å². The zero-order valence-electron chi connectivity index (χ0n) is 11.0. The monoisotopic (exact) mass is 324 g/mol. The van der Waals surface area contributed by atoms with Crippen LogP contribution in [-0.2, 0) is 6.54 Å². The van der Waals surface area contributed by atoms with E-state index >= 15 is 0 Å². The minimum atomic E-state index is 0.594. The number of furan rings is 1. The summed E-state index contributed by atoms with van der Waals surface area (Å²) in [6, 6.07) is 3.90. The van der Waals surface area contributed by atoms with Gasteiger partial charge in [-0.1, -0.05) is 6.92 Å². The molecule has 0 aliphatic carbocycles. The number of hydrogen-bond donors (Lipinski definition) is 2. The maximum absolute atomic E-state index is 5.50. The number of rotatable bonds is 6. The average Bonchev–Trinajstić information content (AvgIpc) is 2.82. The van der Waals surface area contributed by atoms with E-state index in [-0.39, 0.29) is 0 Å². The van der Waals surface area contributed by atoms with E-state index in [0.717, 1.165) is 34.8 Å². The molecule has 0 amide bonds. The second-order valence-electron chi connectivity index (χ2n) is 4.18. The van der Waals surface area contributed by atoms with Crippen LogP contribution < -0.4 is 10.6 Å². The molecule has 0 aliphatic heterocycles. The SMILES string of the molecule is CCCNc1ncc(Br)c(NCc2ccc(C)o2)n1. The van der Waals surface area contributed by atoms with E-state index in [0.29, 0.717) is 12.5 Å². The molecule has 0 saturated carbocycles. The van der Waals surface area contributed by atoms with Gasteiger partial charge in [0.2, 0.25) is 5.95 Å². The summed E-state index contributed by atoms with van der Waals surface area (Å²) >= 11 is 3.43. The van der Waals surface area contributed by atoms with E-state index in [1.165, 1.54) is 0 Å². The fourth-order valence-electron chi connectivity index (χ4n) is 1.56. The van der Waals surface area contributed by atoms with Crippen molar-refractivity contribution in [3.63, 3.8) is 0 Å². The number of aryl methyl sites for hydroxylation is 1. The predicted molar refractivity (Wildman–Crippen MR) is 79.3 cm³/mol. The Morgan fingerprint density at radius 1 is 1.32 bits per heavy atom. The number of nitrogens with one attached hydrogen (secondary N) is 2. The van der Waals surface area contributed by atoms with Gasteiger partial charge in [0, 0.05) is 12.7 Å². The van der Waals surface area contributed by atoms with Crippen LogP contribution in [0.25, 0.3) is 0 Å². The van der Waals surface area contributed by atoms with Crippen LogP contribution in [0.3, 0.4) is 0 Å². The molecule has 2 heterocycles. The molecule has 0 atom stereocenters. The first-order valence-electron chi connectivity index (χ1n) is 6.24. The molecule has 0 bridgehead atoms. The second kappa shape index (κ2) is 6.56. The lowest BCUT2D eigenvalue weighted by Gasteiger charge is -2.08. The van der Waals surface area contributed by atoms with Gasteiger partial charge in [-0.05, 0) is 41.4 Å². The molecule has 0 unspecified atom stereocenters. The molecule has 0 spiro atoms. The van der Waals surface area contributed by atoms with Crippen molar-refractivity contribution >= 4 is 27.7 Å². The van der Waals surface area contributed by atoms with Crippen molar-refractivity contribution in [3.8, 4) is 0 Å². The molecule has 6 heteroatoms. The summed E-state index contributed by atoms with van der Waals surface area (Å²) in [5.41, 5.74) is 0. The Balaban J connectivity index is 2.02. The number of halogens is 1. The predicted octanol–water partition coefficient (Wildman–Crippen LogP) is 3.57. The van der Waals surface area contributed by atoms with E-state index in [4.69, 9.17) is 4.42 Å². The van der Waals surface area contributed by atoms with Gasteiger partial charge < -0.3 is 15.1 Å². The quantitative estimate of drug-likeness (QED) is 0.850. The lowest BCUT2D eigenvalue weighted by Crippen LogP contribution is -2.07. The summed E-state index contributed by atoms with van der Waals surface area (Å²) in [6.07, 6.45) is 2.77. The van der Waals surface area contributed by atoms with E-state index in [2.05, 4.69) is 43.5 Å². The molecular formula is C13H17BrN4O. The number of hydrogen-bond acceptors (Lipinski definition) is 5. The maximum atomic E-state index is 5.50. The Morgan fingerprint density at radius 2 is 2.16 bits per heavy atom. The van der Waals surface area contributed by atoms with Crippen LogP contribution >= 0.6 is 15.9 Å². The van der Waals surface area contributed by atoms with Crippen molar-refractivity contribution in [3.05, 3.63) is 34.3 Å². The van der Waals surface area contributed by atoms with Crippen LogP contribution in [-0.4, -0.2) is 16.5 Å². The van der Waals surface area contributed by atoms with Crippen molar-refractivity contribution in [2.45, 2.75) is 26.8 Å². The molecule has 2 N–H and O–H groups in total. The standard InChI is InChI=1S/C13H17BrN4O/c1-3-6-15-13-17-8-11(14)12(18-13)16-7-10-5-4-9(2)19-10/h4-5,8H,3,6-7H2,1-2H3,(H2,15,16,17,18). The third-order valence-corrected chi connectivity index (χ3v) is 3.08. The molecule has 0 fully saturated rings. The van der Waals surface area contributed by atoms with Crippen LogP contribution in [0, 0.1) is 6.92 Å². The maximum Gasteiger partial charge on any atom is 0.224 e. The number of anilines is 2. The Hall–Kier alpha value is -1.56. The van der Waals surface area contributed by atoms with Gasteiger partial charge in [0.25, 0.3) is 0 Å². The third-order valence-electron chi connectivity index (χ3n) is 2.50.